The molecular formula is C18H24N2O2. The van der Waals surface area contributed by atoms with Crippen molar-refractivity contribution in [3.8, 4) is 11.5 Å². The average Bonchev–Trinajstić information content (AvgIpc) is 2.59. The van der Waals surface area contributed by atoms with Crippen molar-refractivity contribution in [1.29, 1.82) is 0 Å². The van der Waals surface area contributed by atoms with Gasteiger partial charge >= 0.3 is 0 Å². The summed E-state index contributed by atoms with van der Waals surface area (Å²) in [5.41, 5.74) is 0.941. The molecule has 0 amide bonds. The third-order valence-electron chi connectivity index (χ3n) is 4.36. The van der Waals surface area contributed by atoms with Gasteiger partial charge in [0.1, 0.15) is 0 Å². The zero-order valence-corrected chi connectivity index (χ0v) is 13.2. The van der Waals surface area contributed by atoms with Gasteiger partial charge in [0.2, 0.25) is 0 Å². The first kappa shape index (κ1) is 15.1. The number of piperidine rings is 1. The fourth-order valence-electron chi connectivity index (χ4n) is 3.08. The summed E-state index contributed by atoms with van der Waals surface area (Å²) in [6.45, 7) is 3.06. The summed E-state index contributed by atoms with van der Waals surface area (Å²) in [5, 5.41) is 4.48. The number of rotatable bonds is 6. The highest BCUT2D eigenvalue weighted by atomic mass is 16.5. The molecule has 1 N–H and O–H groups in total. The quantitative estimate of drug-likeness (QED) is 0.830. The molecule has 0 radical (unpaired) electrons. The molecule has 1 aromatic carbocycles. The van der Waals surface area contributed by atoms with Crippen LogP contribution in [0.2, 0.25) is 0 Å². The molecule has 22 heavy (non-hydrogen) atoms. The van der Waals surface area contributed by atoms with Crippen molar-refractivity contribution in [3.05, 3.63) is 30.5 Å². The van der Waals surface area contributed by atoms with Crippen molar-refractivity contribution in [2.75, 3.05) is 26.8 Å². The van der Waals surface area contributed by atoms with Crippen LogP contribution in [-0.2, 0) is 0 Å². The number of hydrogen-bond acceptors (Lipinski definition) is 4. The second kappa shape index (κ2) is 7.45. The number of fused-ring (bicyclic) bond motifs is 1. The van der Waals surface area contributed by atoms with Crippen LogP contribution in [0.1, 0.15) is 25.7 Å². The molecule has 1 aliphatic rings. The predicted molar refractivity (Wildman–Crippen MR) is 88.6 cm³/mol. The van der Waals surface area contributed by atoms with E-state index in [1.54, 1.807) is 13.3 Å². The molecule has 0 spiro atoms. The van der Waals surface area contributed by atoms with Crippen molar-refractivity contribution in [1.82, 2.24) is 10.3 Å². The van der Waals surface area contributed by atoms with Crippen molar-refractivity contribution < 1.29 is 9.47 Å². The molecule has 2 heterocycles. The molecule has 1 saturated heterocycles. The lowest BCUT2D eigenvalue weighted by atomic mass is 9.93. The Kier molecular flexibility index (Phi) is 5.11. The van der Waals surface area contributed by atoms with Gasteiger partial charge in [0.05, 0.1) is 19.2 Å². The van der Waals surface area contributed by atoms with Gasteiger partial charge in [-0.3, -0.25) is 4.98 Å². The van der Waals surface area contributed by atoms with E-state index < -0.39 is 0 Å². The first-order valence-corrected chi connectivity index (χ1v) is 8.13. The number of pyridine rings is 1. The third kappa shape index (κ3) is 3.69. The van der Waals surface area contributed by atoms with Gasteiger partial charge in [-0.2, -0.15) is 0 Å². The van der Waals surface area contributed by atoms with Crippen LogP contribution in [-0.4, -0.2) is 31.8 Å². The molecule has 1 fully saturated rings. The minimum Gasteiger partial charge on any atom is -0.493 e. The van der Waals surface area contributed by atoms with E-state index in [0.29, 0.717) is 0 Å². The van der Waals surface area contributed by atoms with Gasteiger partial charge in [0.25, 0.3) is 0 Å². The highest BCUT2D eigenvalue weighted by Gasteiger charge is 2.13. The molecular weight excluding hydrogens is 276 g/mol. The topological polar surface area (TPSA) is 43.4 Å². The molecule has 4 nitrogen and oxygen atoms in total. The first-order valence-electron chi connectivity index (χ1n) is 8.13. The van der Waals surface area contributed by atoms with Crippen molar-refractivity contribution in [2.45, 2.75) is 25.7 Å². The normalized spacial score (nSPS) is 15.9. The minimum atomic E-state index is 0.735. The lowest BCUT2D eigenvalue weighted by Gasteiger charge is -2.22. The summed E-state index contributed by atoms with van der Waals surface area (Å²) in [4.78, 5) is 4.38. The lowest BCUT2D eigenvalue weighted by molar-refractivity contribution is 0.263. The van der Waals surface area contributed by atoms with Gasteiger partial charge in [0.15, 0.2) is 11.5 Å². The summed E-state index contributed by atoms with van der Waals surface area (Å²) in [5.74, 6) is 2.42. The van der Waals surface area contributed by atoms with E-state index in [1.807, 2.05) is 24.3 Å². The lowest BCUT2D eigenvalue weighted by Crippen LogP contribution is -2.27. The van der Waals surface area contributed by atoms with Gasteiger partial charge in [-0.15, -0.1) is 0 Å². The Bertz CT molecular complexity index is 609. The molecule has 0 bridgehead atoms. The van der Waals surface area contributed by atoms with Crippen LogP contribution in [0.15, 0.2) is 30.5 Å². The summed E-state index contributed by atoms with van der Waals surface area (Å²) in [6.07, 6.45) is 6.73. The maximum Gasteiger partial charge on any atom is 0.163 e. The summed E-state index contributed by atoms with van der Waals surface area (Å²) in [6, 6.07) is 7.93. The van der Waals surface area contributed by atoms with E-state index in [9.17, 15) is 0 Å². The fraction of sp³-hybridized carbons (Fsp3) is 0.500. The van der Waals surface area contributed by atoms with Gasteiger partial charge in [-0.25, -0.2) is 0 Å². The number of benzene rings is 1. The molecule has 0 saturated carbocycles. The Morgan fingerprint density at radius 3 is 2.91 bits per heavy atom. The highest BCUT2D eigenvalue weighted by Crippen LogP contribution is 2.31. The van der Waals surface area contributed by atoms with Gasteiger partial charge in [-0.05, 0) is 56.8 Å². The van der Waals surface area contributed by atoms with E-state index >= 15 is 0 Å². The Labute approximate surface area is 131 Å². The second-order valence-electron chi connectivity index (χ2n) is 5.88. The Hall–Kier alpha value is -1.81. The molecule has 4 heteroatoms. The van der Waals surface area contributed by atoms with E-state index in [0.717, 1.165) is 54.4 Å². The highest BCUT2D eigenvalue weighted by molar-refractivity contribution is 5.82. The predicted octanol–water partition coefficient (Wildman–Crippen LogP) is 3.40. The van der Waals surface area contributed by atoms with Gasteiger partial charge < -0.3 is 14.8 Å². The Balaban J connectivity index is 1.58. The van der Waals surface area contributed by atoms with Crippen molar-refractivity contribution in [3.63, 3.8) is 0 Å². The minimum absolute atomic E-state index is 0.735. The maximum absolute atomic E-state index is 5.95. The largest absolute Gasteiger partial charge is 0.493 e. The average molecular weight is 300 g/mol. The SMILES string of the molecule is COc1cc2cccnc2cc1OCCCC1CCNCC1. The fourth-order valence-corrected chi connectivity index (χ4v) is 3.08. The van der Waals surface area contributed by atoms with E-state index in [1.165, 1.54) is 19.3 Å². The van der Waals surface area contributed by atoms with Crippen LogP contribution >= 0.6 is 0 Å². The van der Waals surface area contributed by atoms with Crippen LogP contribution < -0.4 is 14.8 Å². The van der Waals surface area contributed by atoms with Crippen LogP contribution in [0.25, 0.3) is 10.9 Å². The summed E-state index contributed by atoms with van der Waals surface area (Å²) < 4.78 is 11.4. The maximum atomic E-state index is 5.95. The zero-order chi connectivity index (χ0) is 15.2. The molecule has 118 valence electrons. The van der Waals surface area contributed by atoms with E-state index in [2.05, 4.69) is 10.3 Å². The molecule has 0 atom stereocenters. The second-order valence-corrected chi connectivity index (χ2v) is 5.88. The summed E-state index contributed by atoms with van der Waals surface area (Å²) in [7, 11) is 1.68. The summed E-state index contributed by atoms with van der Waals surface area (Å²) >= 11 is 0. The molecule has 3 rings (SSSR count). The number of nitrogens with zero attached hydrogens (tertiary/aromatic N) is 1. The standard InChI is InChI=1S/C18H24N2O2/c1-21-17-12-15-5-2-8-20-16(15)13-18(17)22-11-3-4-14-6-9-19-10-7-14/h2,5,8,12-14,19H,3-4,6-7,9-11H2,1H3. The zero-order valence-electron chi connectivity index (χ0n) is 13.2. The monoisotopic (exact) mass is 300 g/mol. The van der Waals surface area contributed by atoms with Crippen molar-refractivity contribution in [2.24, 2.45) is 5.92 Å². The number of methoxy groups -OCH3 is 1. The van der Waals surface area contributed by atoms with Crippen LogP contribution in [0, 0.1) is 5.92 Å². The smallest absolute Gasteiger partial charge is 0.163 e. The third-order valence-corrected chi connectivity index (χ3v) is 4.36. The van der Waals surface area contributed by atoms with Crippen LogP contribution in [0.3, 0.4) is 0 Å². The molecule has 1 aliphatic heterocycles. The Morgan fingerprint density at radius 1 is 1.23 bits per heavy atom. The Morgan fingerprint density at radius 2 is 2.09 bits per heavy atom. The van der Waals surface area contributed by atoms with Crippen LogP contribution in [0.5, 0.6) is 11.5 Å². The molecule has 0 aliphatic carbocycles. The first-order chi connectivity index (χ1) is 10.9. The van der Waals surface area contributed by atoms with Gasteiger partial charge in [-0.1, -0.05) is 6.07 Å². The van der Waals surface area contributed by atoms with E-state index in [4.69, 9.17) is 9.47 Å². The number of aromatic nitrogens is 1. The molecule has 2 aromatic rings. The van der Waals surface area contributed by atoms with E-state index in [-0.39, 0.29) is 0 Å². The molecule has 0 unspecified atom stereocenters. The number of nitrogens with one attached hydrogen (secondary N) is 1. The van der Waals surface area contributed by atoms with Crippen molar-refractivity contribution >= 4 is 10.9 Å². The molecule has 1 aromatic heterocycles. The van der Waals surface area contributed by atoms with Gasteiger partial charge in [0, 0.05) is 17.6 Å². The number of ether oxygens (including phenoxy) is 2. The number of hydrogen-bond donors (Lipinski definition) is 1. The van der Waals surface area contributed by atoms with Crippen LogP contribution in [0.4, 0.5) is 0 Å².